The Morgan fingerprint density at radius 2 is 1.78 bits per heavy atom. The van der Waals surface area contributed by atoms with Gasteiger partial charge in [0.05, 0.1) is 36.8 Å². The van der Waals surface area contributed by atoms with E-state index in [2.05, 4.69) is 20.4 Å². The van der Waals surface area contributed by atoms with Gasteiger partial charge >= 0.3 is 0 Å². The number of hydrogen-bond acceptors (Lipinski definition) is 12. The molecular weight excluding hydrogens is 622 g/mol. The number of aromatic nitrogens is 3. The van der Waals surface area contributed by atoms with Gasteiger partial charge in [-0.05, 0) is 24.5 Å². The van der Waals surface area contributed by atoms with Gasteiger partial charge in [0.15, 0.2) is 0 Å². The number of aliphatic carboxylic acids is 1. The number of amides is 1. The van der Waals surface area contributed by atoms with E-state index in [1.807, 2.05) is 54.6 Å². The topological polar surface area (TPSA) is 225 Å². The lowest BCUT2D eigenvalue weighted by Crippen LogP contribution is -2.69. The monoisotopic (exact) mass is 660 g/mol. The van der Waals surface area contributed by atoms with Crippen LogP contribution in [0.25, 0.3) is 22.4 Å². The smallest absolute Gasteiger partial charge is 0.217 e. The van der Waals surface area contributed by atoms with Crippen LogP contribution >= 0.6 is 0 Å². The molecule has 6 atom stereocenters. The molecule has 1 aliphatic heterocycles. The highest BCUT2D eigenvalue weighted by Crippen LogP contribution is 2.33. The summed E-state index contributed by atoms with van der Waals surface area (Å²) in [5, 5.41) is 55.2. The van der Waals surface area contributed by atoms with Crippen molar-refractivity contribution in [3.63, 3.8) is 0 Å². The Labute approximate surface area is 266 Å². The van der Waals surface area contributed by atoms with E-state index < -0.39 is 71.1 Å². The van der Waals surface area contributed by atoms with E-state index >= 15 is 0 Å². The van der Waals surface area contributed by atoms with E-state index in [1.54, 1.807) is 10.9 Å². The van der Waals surface area contributed by atoms with Gasteiger partial charge in [0.25, 0.3) is 0 Å². The molecule has 0 radical (unpaired) electrons. The highest BCUT2D eigenvalue weighted by Gasteiger charge is 2.52. The molecular formula is C30H38N5O10S-. The largest absolute Gasteiger partial charge is 0.544 e. The number of benzene rings is 2. The van der Waals surface area contributed by atoms with Gasteiger partial charge in [0.2, 0.25) is 21.7 Å². The van der Waals surface area contributed by atoms with Crippen LogP contribution in [0.15, 0.2) is 60.8 Å². The maximum absolute atomic E-state index is 12.3. The van der Waals surface area contributed by atoms with Crippen molar-refractivity contribution in [2.75, 3.05) is 18.9 Å². The summed E-state index contributed by atoms with van der Waals surface area (Å²) < 4.78 is 38.5. The Hall–Kier alpha value is -3.77. The van der Waals surface area contributed by atoms with Crippen LogP contribution in [0.1, 0.15) is 26.7 Å². The zero-order valence-electron chi connectivity index (χ0n) is 25.4. The summed E-state index contributed by atoms with van der Waals surface area (Å²) in [4.78, 5) is 24.1. The van der Waals surface area contributed by atoms with Gasteiger partial charge in [-0.15, -0.1) is 5.10 Å². The first-order chi connectivity index (χ1) is 21.8. The molecule has 1 saturated heterocycles. The Balaban J connectivity index is 1.40. The third-order valence-corrected chi connectivity index (χ3v) is 8.94. The number of carboxylic acids is 1. The summed E-state index contributed by atoms with van der Waals surface area (Å²) in [6, 6.07) is 16.4. The molecule has 0 bridgehead atoms. The molecule has 1 aromatic heterocycles. The number of aryl methyl sites for hydroxylation is 1. The molecule has 2 heterocycles. The van der Waals surface area contributed by atoms with Crippen LogP contribution in [0.5, 0.6) is 0 Å². The highest BCUT2D eigenvalue weighted by atomic mass is 32.2. The van der Waals surface area contributed by atoms with Gasteiger partial charge in [0.1, 0.15) is 23.9 Å². The van der Waals surface area contributed by atoms with Crippen LogP contribution in [0.2, 0.25) is 0 Å². The maximum atomic E-state index is 12.3. The average molecular weight is 661 g/mol. The van der Waals surface area contributed by atoms with Crippen molar-refractivity contribution in [2.45, 2.75) is 69.5 Å². The Morgan fingerprint density at radius 1 is 1.13 bits per heavy atom. The molecule has 0 spiro atoms. The summed E-state index contributed by atoms with van der Waals surface area (Å²) >= 11 is 0. The summed E-state index contributed by atoms with van der Waals surface area (Å²) in [6.45, 7) is 1.92. The number of sulfonamides is 1. The fourth-order valence-electron chi connectivity index (χ4n) is 5.06. The van der Waals surface area contributed by atoms with Crippen molar-refractivity contribution in [1.29, 1.82) is 0 Å². The lowest BCUT2D eigenvalue weighted by molar-refractivity contribution is -0.381. The molecule has 0 unspecified atom stereocenters. The summed E-state index contributed by atoms with van der Waals surface area (Å²) in [6.07, 6.45) is -5.81. The molecule has 2 aromatic carbocycles. The lowest BCUT2D eigenvalue weighted by Gasteiger charge is -2.49. The van der Waals surface area contributed by atoms with E-state index in [4.69, 9.17) is 9.47 Å². The van der Waals surface area contributed by atoms with E-state index in [0.29, 0.717) is 5.69 Å². The summed E-state index contributed by atoms with van der Waals surface area (Å²) in [5.41, 5.74) is 3.62. The molecule has 46 heavy (non-hydrogen) atoms. The average Bonchev–Trinajstić information content (AvgIpc) is 3.52. The maximum Gasteiger partial charge on any atom is 0.217 e. The molecule has 0 aliphatic carbocycles. The number of nitrogens with one attached hydrogen (secondary N) is 2. The number of hydrogen-bond donors (Lipinski definition) is 5. The summed E-state index contributed by atoms with van der Waals surface area (Å²) in [7, 11) is -3.74. The first kappa shape index (κ1) is 35.1. The molecule has 1 aliphatic rings. The molecule has 1 fully saturated rings. The highest BCUT2D eigenvalue weighted by molar-refractivity contribution is 7.89. The molecule has 4 rings (SSSR count). The predicted molar refractivity (Wildman–Crippen MR) is 162 cm³/mol. The fraction of sp³-hybridized carbons (Fsp3) is 0.467. The minimum Gasteiger partial charge on any atom is -0.544 e. The van der Waals surface area contributed by atoms with Gasteiger partial charge in [-0.1, -0.05) is 59.8 Å². The molecule has 5 N–H and O–H groups in total. The van der Waals surface area contributed by atoms with Gasteiger partial charge in [0, 0.05) is 32.0 Å². The van der Waals surface area contributed by atoms with Crippen molar-refractivity contribution in [1.82, 2.24) is 25.0 Å². The Morgan fingerprint density at radius 3 is 2.41 bits per heavy atom. The van der Waals surface area contributed by atoms with Crippen molar-refractivity contribution in [3.8, 4) is 22.4 Å². The zero-order chi connectivity index (χ0) is 33.5. The minimum atomic E-state index is -3.74. The molecule has 3 aromatic rings. The number of rotatable bonds is 15. The quantitative estimate of drug-likeness (QED) is 0.121. The standard InChI is InChI=1S/C30H39N5O10S/c1-3-46(42,43)31-17-25(38)27(39)28-26(32-19(2)36)24(37)16-30(45-28,29(40)41)44-15-7-14-35-18-23(33-34-35)22-12-10-21(11-13-22)20-8-5-4-6-9-20/h4-6,8-13,18,24-28,31,37-39H,3,7,14-17H2,1-2H3,(H,32,36)(H,40,41)/p-1/t24-,25+,26+,27+,28+,30+/m0/s1. The van der Waals surface area contributed by atoms with Gasteiger partial charge in [-0.2, -0.15) is 0 Å². The number of nitrogens with zero attached hydrogens (tertiary/aromatic N) is 3. The van der Waals surface area contributed by atoms with Crippen molar-refractivity contribution in [2.24, 2.45) is 0 Å². The van der Waals surface area contributed by atoms with E-state index in [0.717, 1.165) is 23.6 Å². The molecule has 0 saturated carbocycles. The van der Waals surface area contributed by atoms with Crippen LogP contribution in [-0.4, -0.2) is 106 Å². The number of carboxylic acid groups (broad SMARTS) is 1. The molecule has 250 valence electrons. The van der Waals surface area contributed by atoms with Gasteiger partial charge < -0.3 is 40.0 Å². The van der Waals surface area contributed by atoms with Crippen molar-refractivity contribution >= 4 is 21.9 Å². The molecule has 16 heteroatoms. The van der Waals surface area contributed by atoms with Crippen molar-refractivity contribution in [3.05, 3.63) is 60.8 Å². The second-order valence-corrected chi connectivity index (χ2v) is 13.0. The minimum absolute atomic E-state index is 0.214. The zero-order valence-corrected chi connectivity index (χ0v) is 26.2. The SMILES string of the molecule is CCS(=O)(=O)NC[C@@H](O)[C@@H](O)[C@@H]1O[C@@](OCCCn2cc(-c3ccc(-c4ccccc4)cc3)nn2)(C(=O)[O-])C[C@H](O)[C@H]1NC(C)=O. The van der Waals surface area contributed by atoms with Crippen LogP contribution in [0, 0.1) is 0 Å². The van der Waals surface area contributed by atoms with Crippen LogP contribution < -0.4 is 15.1 Å². The van der Waals surface area contributed by atoms with Crippen LogP contribution in [0.3, 0.4) is 0 Å². The number of ether oxygens (including phenoxy) is 2. The first-order valence-electron chi connectivity index (χ1n) is 14.7. The lowest BCUT2D eigenvalue weighted by atomic mass is 9.88. The van der Waals surface area contributed by atoms with Crippen LogP contribution in [-0.2, 0) is 35.6 Å². The third kappa shape index (κ3) is 8.73. The predicted octanol–water partition coefficient (Wildman–Crippen LogP) is -1.22. The number of aliphatic hydroxyl groups is 3. The van der Waals surface area contributed by atoms with E-state index in [1.165, 1.54) is 6.92 Å². The Kier molecular flexibility index (Phi) is 11.6. The second-order valence-electron chi connectivity index (χ2n) is 10.9. The van der Waals surface area contributed by atoms with E-state index in [9.17, 15) is 38.4 Å². The molecule has 1 amide bonds. The number of carbonyl (C=O) groups is 2. The van der Waals surface area contributed by atoms with Gasteiger partial charge in [-0.3, -0.25) is 9.48 Å². The molecule has 15 nitrogen and oxygen atoms in total. The summed E-state index contributed by atoms with van der Waals surface area (Å²) in [5.74, 6) is -5.33. The number of aliphatic hydroxyl groups excluding tert-OH is 3. The Bertz CT molecular complexity index is 1570. The normalized spacial score (nSPS) is 23.0. The second kappa shape index (κ2) is 15.2. The fourth-order valence-corrected chi connectivity index (χ4v) is 5.69. The van der Waals surface area contributed by atoms with Crippen molar-refractivity contribution < 1.29 is 47.9 Å². The third-order valence-electron chi connectivity index (χ3n) is 7.57. The number of carbonyl (C=O) groups excluding carboxylic acids is 2. The first-order valence-corrected chi connectivity index (χ1v) is 16.4. The van der Waals surface area contributed by atoms with Gasteiger partial charge in [-0.25, -0.2) is 13.1 Å². The van der Waals surface area contributed by atoms with Crippen LogP contribution in [0.4, 0.5) is 0 Å². The van der Waals surface area contributed by atoms with E-state index in [-0.39, 0.29) is 25.3 Å².